The number of nitrogens with zero attached hydrogens (tertiary/aromatic N) is 1. The van der Waals surface area contributed by atoms with Crippen LogP contribution in [0.5, 0.6) is 0 Å². The Bertz CT molecular complexity index is 724. The number of aliphatic carboxylic acids is 1. The van der Waals surface area contributed by atoms with Crippen molar-refractivity contribution in [2.75, 3.05) is 0 Å². The predicted molar refractivity (Wildman–Crippen MR) is 70.4 cm³/mol. The topological polar surface area (TPSA) is 95.1 Å². The lowest BCUT2D eigenvalue weighted by atomic mass is 10.1. The van der Waals surface area contributed by atoms with Crippen molar-refractivity contribution >= 4 is 22.8 Å². The summed E-state index contributed by atoms with van der Waals surface area (Å²) < 4.78 is 37.1. The van der Waals surface area contributed by atoms with E-state index < -0.39 is 30.5 Å². The average molecular weight is 315 g/mol. The second-order valence-corrected chi connectivity index (χ2v) is 4.83. The number of alkyl halides is 3. The van der Waals surface area contributed by atoms with E-state index in [1.54, 1.807) is 13.0 Å². The van der Waals surface area contributed by atoms with E-state index in [0.717, 1.165) is 0 Å². The lowest BCUT2D eigenvalue weighted by Crippen LogP contribution is -2.43. The van der Waals surface area contributed by atoms with Gasteiger partial charge in [0, 0.05) is 5.39 Å². The summed E-state index contributed by atoms with van der Waals surface area (Å²) in [4.78, 5) is 23.0. The Hall–Kier alpha value is -2.58. The lowest BCUT2D eigenvalue weighted by Gasteiger charge is -2.16. The number of carbonyl (C=O) groups is 2. The largest absolute Gasteiger partial charge is 0.480 e. The van der Waals surface area contributed by atoms with Crippen LogP contribution in [0.2, 0.25) is 0 Å². The minimum Gasteiger partial charge on any atom is -0.480 e. The molecule has 0 aliphatic heterocycles. The van der Waals surface area contributed by atoms with Gasteiger partial charge >= 0.3 is 12.1 Å². The standard InChI is InChI=1S/C13H12F3N3O3/c1-6-2-7-5-17-19-10(7)8(3-6)11(20)18-9(12(21)22)4-13(14,15)16/h2-3,5,9H,4H2,1H3,(H,17,19)(H,18,20)(H,21,22). The Morgan fingerprint density at radius 2 is 2.09 bits per heavy atom. The highest BCUT2D eigenvalue weighted by atomic mass is 19.4. The van der Waals surface area contributed by atoms with Crippen molar-refractivity contribution in [2.45, 2.75) is 25.6 Å². The van der Waals surface area contributed by atoms with Gasteiger partial charge in [-0.25, -0.2) is 4.79 Å². The van der Waals surface area contributed by atoms with E-state index in [0.29, 0.717) is 16.5 Å². The van der Waals surface area contributed by atoms with Crippen LogP contribution >= 0.6 is 0 Å². The number of benzene rings is 1. The first-order valence-electron chi connectivity index (χ1n) is 6.21. The molecule has 0 bridgehead atoms. The Labute approximate surface area is 122 Å². The molecule has 1 aromatic heterocycles. The van der Waals surface area contributed by atoms with Crippen LogP contribution in [0.15, 0.2) is 18.3 Å². The number of amides is 1. The average Bonchev–Trinajstić information content (AvgIpc) is 2.82. The summed E-state index contributed by atoms with van der Waals surface area (Å²) in [5.41, 5.74) is 1.07. The summed E-state index contributed by atoms with van der Waals surface area (Å²) in [5, 5.41) is 17.6. The SMILES string of the molecule is Cc1cc(C(=O)NC(CC(F)(F)F)C(=O)O)c2[nH]ncc2c1. The van der Waals surface area contributed by atoms with Gasteiger partial charge in [0.1, 0.15) is 6.04 Å². The van der Waals surface area contributed by atoms with Gasteiger partial charge in [-0.1, -0.05) is 0 Å². The summed E-state index contributed by atoms with van der Waals surface area (Å²) in [5.74, 6) is -2.66. The molecule has 22 heavy (non-hydrogen) atoms. The molecule has 1 atom stereocenters. The molecule has 3 N–H and O–H groups in total. The summed E-state index contributed by atoms with van der Waals surface area (Å²) in [6.07, 6.45) is -4.89. The first-order valence-corrected chi connectivity index (χ1v) is 6.21. The molecule has 2 rings (SSSR count). The molecule has 1 heterocycles. The fourth-order valence-electron chi connectivity index (χ4n) is 2.05. The van der Waals surface area contributed by atoms with Gasteiger partial charge in [0.15, 0.2) is 0 Å². The van der Waals surface area contributed by atoms with Crippen LogP contribution in [-0.2, 0) is 4.79 Å². The van der Waals surface area contributed by atoms with Crippen molar-refractivity contribution in [1.29, 1.82) is 0 Å². The van der Waals surface area contributed by atoms with Crippen LogP contribution in [0.1, 0.15) is 22.3 Å². The number of carbonyl (C=O) groups excluding carboxylic acids is 1. The lowest BCUT2D eigenvalue weighted by molar-refractivity contribution is -0.157. The molecule has 0 aliphatic carbocycles. The fourth-order valence-corrected chi connectivity index (χ4v) is 2.05. The van der Waals surface area contributed by atoms with E-state index in [1.807, 2.05) is 5.32 Å². The summed E-state index contributed by atoms with van der Waals surface area (Å²) in [6.45, 7) is 1.70. The van der Waals surface area contributed by atoms with E-state index in [4.69, 9.17) is 5.11 Å². The molecule has 1 unspecified atom stereocenters. The van der Waals surface area contributed by atoms with Crippen LogP contribution in [0.3, 0.4) is 0 Å². The molecule has 0 fully saturated rings. The van der Waals surface area contributed by atoms with Crippen molar-refractivity contribution in [3.05, 3.63) is 29.5 Å². The molecule has 9 heteroatoms. The first-order chi connectivity index (χ1) is 10.2. The number of nitrogens with one attached hydrogen (secondary N) is 2. The maximum Gasteiger partial charge on any atom is 0.391 e. The highest BCUT2D eigenvalue weighted by Gasteiger charge is 2.36. The minimum absolute atomic E-state index is 0.0425. The molecule has 1 amide bonds. The maximum absolute atomic E-state index is 12.4. The smallest absolute Gasteiger partial charge is 0.391 e. The van der Waals surface area contributed by atoms with E-state index in [2.05, 4.69) is 10.2 Å². The number of carboxylic acid groups (broad SMARTS) is 1. The number of aryl methyl sites for hydroxylation is 1. The Kier molecular flexibility index (Phi) is 4.07. The highest BCUT2D eigenvalue weighted by molar-refractivity contribution is 6.06. The molecule has 2 aromatic rings. The molecule has 0 aliphatic rings. The van der Waals surface area contributed by atoms with Crippen LogP contribution in [0, 0.1) is 6.92 Å². The van der Waals surface area contributed by atoms with Gasteiger partial charge in [0.05, 0.1) is 23.7 Å². The normalized spacial score (nSPS) is 13.1. The van der Waals surface area contributed by atoms with Gasteiger partial charge in [-0.3, -0.25) is 9.89 Å². The molecular weight excluding hydrogens is 303 g/mol. The Morgan fingerprint density at radius 3 is 2.68 bits per heavy atom. The fraction of sp³-hybridized carbons (Fsp3) is 0.308. The van der Waals surface area contributed by atoms with Gasteiger partial charge < -0.3 is 10.4 Å². The molecule has 0 saturated heterocycles. The van der Waals surface area contributed by atoms with E-state index in [1.165, 1.54) is 12.3 Å². The third-order valence-electron chi connectivity index (χ3n) is 2.98. The van der Waals surface area contributed by atoms with Crippen molar-refractivity contribution < 1.29 is 27.9 Å². The Morgan fingerprint density at radius 1 is 1.41 bits per heavy atom. The van der Waals surface area contributed by atoms with Crippen LogP contribution < -0.4 is 5.32 Å². The summed E-state index contributed by atoms with van der Waals surface area (Å²) in [6, 6.07) is 1.13. The number of aromatic amines is 1. The van der Waals surface area contributed by atoms with Crippen molar-refractivity contribution in [3.8, 4) is 0 Å². The van der Waals surface area contributed by atoms with Crippen LogP contribution in [0.25, 0.3) is 10.9 Å². The summed E-state index contributed by atoms with van der Waals surface area (Å²) in [7, 11) is 0. The van der Waals surface area contributed by atoms with E-state index >= 15 is 0 Å². The van der Waals surface area contributed by atoms with Crippen molar-refractivity contribution in [2.24, 2.45) is 0 Å². The third-order valence-corrected chi connectivity index (χ3v) is 2.98. The van der Waals surface area contributed by atoms with Gasteiger partial charge in [-0.15, -0.1) is 0 Å². The number of H-pyrrole nitrogens is 1. The number of aromatic nitrogens is 2. The number of carboxylic acids is 1. The molecule has 118 valence electrons. The number of hydrogen-bond acceptors (Lipinski definition) is 3. The van der Waals surface area contributed by atoms with Crippen LogP contribution in [-0.4, -0.2) is 39.4 Å². The molecule has 0 spiro atoms. The molecule has 1 aromatic carbocycles. The van der Waals surface area contributed by atoms with Crippen molar-refractivity contribution in [3.63, 3.8) is 0 Å². The monoisotopic (exact) mass is 315 g/mol. The predicted octanol–water partition coefficient (Wildman–Crippen LogP) is 2.01. The second kappa shape index (κ2) is 5.66. The van der Waals surface area contributed by atoms with Crippen molar-refractivity contribution in [1.82, 2.24) is 15.5 Å². The van der Waals surface area contributed by atoms with E-state index in [9.17, 15) is 22.8 Å². The maximum atomic E-state index is 12.4. The molecular formula is C13H12F3N3O3. The second-order valence-electron chi connectivity index (χ2n) is 4.83. The number of rotatable bonds is 4. The van der Waals surface area contributed by atoms with Gasteiger partial charge in [-0.2, -0.15) is 18.3 Å². The van der Waals surface area contributed by atoms with Gasteiger partial charge in [0.25, 0.3) is 5.91 Å². The highest BCUT2D eigenvalue weighted by Crippen LogP contribution is 2.23. The van der Waals surface area contributed by atoms with Gasteiger partial charge in [0.2, 0.25) is 0 Å². The first kappa shape index (κ1) is 15.8. The molecule has 0 radical (unpaired) electrons. The van der Waals surface area contributed by atoms with E-state index in [-0.39, 0.29) is 5.56 Å². The number of fused-ring (bicyclic) bond motifs is 1. The zero-order chi connectivity index (χ0) is 16.5. The van der Waals surface area contributed by atoms with Crippen LogP contribution in [0.4, 0.5) is 13.2 Å². The molecule has 0 saturated carbocycles. The number of halogens is 3. The Balaban J connectivity index is 2.29. The molecule has 6 nitrogen and oxygen atoms in total. The zero-order valence-corrected chi connectivity index (χ0v) is 11.4. The quantitative estimate of drug-likeness (QED) is 0.804. The number of hydrogen-bond donors (Lipinski definition) is 3. The minimum atomic E-state index is -4.70. The van der Waals surface area contributed by atoms with Gasteiger partial charge in [-0.05, 0) is 24.6 Å². The zero-order valence-electron chi connectivity index (χ0n) is 11.4. The third kappa shape index (κ3) is 3.54. The summed E-state index contributed by atoms with van der Waals surface area (Å²) >= 11 is 0.